The number of amides is 2. The zero-order chi connectivity index (χ0) is 16.7. The number of ether oxygens (including phenoxy) is 1. The number of thiophene rings is 1. The number of aryl methyl sites for hydroxylation is 1. The van der Waals surface area contributed by atoms with Crippen LogP contribution in [-0.2, 0) is 22.6 Å². The van der Waals surface area contributed by atoms with Crippen molar-refractivity contribution in [1.82, 2.24) is 5.32 Å². The summed E-state index contributed by atoms with van der Waals surface area (Å²) in [6.07, 6.45) is 0.969. The molecule has 0 unspecified atom stereocenters. The van der Waals surface area contributed by atoms with Crippen LogP contribution in [0.25, 0.3) is 0 Å². The number of benzene rings is 1. The van der Waals surface area contributed by atoms with Crippen molar-refractivity contribution < 1.29 is 14.3 Å². The SMILES string of the molecule is CCOc1ccc(NC(=O)C(=O)NCc2ccc(CC)s2)cc1. The molecule has 0 saturated heterocycles. The first-order valence-corrected chi connectivity index (χ1v) is 8.33. The Morgan fingerprint density at radius 3 is 2.30 bits per heavy atom. The van der Waals surface area contributed by atoms with Crippen LogP contribution in [0.5, 0.6) is 5.75 Å². The molecule has 2 aromatic rings. The first-order chi connectivity index (χ1) is 11.1. The van der Waals surface area contributed by atoms with Crippen LogP contribution in [0.4, 0.5) is 5.69 Å². The van der Waals surface area contributed by atoms with Crippen molar-refractivity contribution in [1.29, 1.82) is 0 Å². The van der Waals surface area contributed by atoms with Crippen molar-refractivity contribution in [3.63, 3.8) is 0 Å². The van der Waals surface area contributed by atoms with Gasteiger partial charge < -0.3 is 15.4 Å². The molecule has 0 aliphatic heterocycles. The van der Waals surface area contributed by atoms with Gasteiger partial charge in [0.15, 0.2) is 0 Å². The van der Waals surface area contributed by atoms with Crippen LogP contribution in [0.2, 0.25) is 0 Å². The van der Waals surface area contributed by atoms with E-state index in [0.29, 0.717) is 18.8 Å². The average molecular weight is 332 g/mol. The van der Waals surface area contributed by atoms with Crippen LogP contribution in [0.1, 0.15) is 23.6 Å². The number of nitrogens with one attached hydrogen (secondary N) is 2. The van der Waals surface area contributed by atoms with E-state index in [1.54, 1.807) is 35.6 Å². The predicted molar refractivity (Wildman–Crippen MR) is 91.8 cm³/mol. The van der Waals surface area contributed by atoms with Crippen molar-refractivity contribution in [3.05, 3.63) is 46.2 Å². The van der Waals surface area contributed by atoms with Crippen molar-refractivity contribution in [2.45, 2.75) is 26.8 Å². The van der Waals surface area contributed by atoms with Crippen LogP contribution in [0.3, 0.4) is 0 Å². The Balaban J connectivity index is 1.83. The Morgan fingerprint density at radius 2 is 1.70 bits per heavy atom. The van der Waals surface area contributed by atoms with E-state index in [1.165, 1.54) is 4.88 Å². The highest BCUT2D eigenvalue weighted by Crippen LogP contribution is 2.17. The van der Waals surface area contributed by atoms with Gasteiger partial charge in [-0.3, -0.25) is 9.59 Å². The molecule has 0 aliphatic carbocycles. The summed E-state index contributed by atoms with van der Waals surface area (Å²) in [6.45, 7) is 4.92. The van der Waals surface area contributed by atoms with Gasteiger partial charge in [-0.1, -0.05) is 6.92 Å². The Hall–Kier alpha value is -2.34. The molecule has 2 N–H and O–H groups in total. The van der Waals surface area contributed by atoms with E-state index >= 15 is 0 Å². The zero-order valence-corrected chi connectivity index (χ0v) is 14.0. The van der Waals surface area contributed by atoms with Gasteiger partial charge in [-0.25, -0.2) is 0 Å². The summed E-state index contributed by atoms with van der Waals surface area (Å²) in [7, 11) is 0. The molecule has 0 fully saturated rings. The summed E-state index contributed by atoms with van der Waals surface area (Å²) in [6, 6.07) is 10.9. The number of hydrogen-bond donors (Lipinski definition) is 2. The van der Waals surface area contributed by atoms with E-state index in [4.69, 9.17) is 4.74 Å². The summed E-state index contributed by atoms with van der Waals surface area (Å²) >= 11 is 1.64. The molecule has 0 atom stereocenters. The van der Waals surface area contributed by atoms with Crippen molar-refractivity contribution in [2.75, 3.05) is 11.9 Å². The second-order valence-electron chi connectivity index (χ2n) is 4.82. The quantitative estimate of drug-likeness (QED) is 0.799. The van der Waals surface area contributed by atoms with Gasteiger partial charge in [0.05, 0.1) is 13.2 Å². The summed E-state index contributed by atoms with van der Waals surface area (Å²) in [5.41, 5.74) is 0.554. The topological polar surface area (TPSA) is 67.4 Å². The largest absolute Gasteiger partial charge is 0.494 e. The lowest BCUT2D eigenvalue weighted by molar-refractivity contribution is -0.136. The molecule has 23 heavy (non-hydrogen) atoms. The Labute approximate surface area is 139 Å². The first kappa shape index (κ1) is 17.0. The predicted octanol–water partition coefficient (Wildman–Crippen LogP) is 2.96. The zero-order valence-electron chi connectivity index (χ0n) is 13.2. The van der Waals surface area contributed by atoms with E-state index in [9.17, 15) is 9.59 Å². The maximum atomic E-state index is 11.9. The fraction of sp³-hybridized carbons (Fsp3) is 0.294. The highest BCUT2D eigenvalue weighted by molar-refractivity contribution is 7.11. The van der Waals surface area contributed by atoms with E-state index in [2.05, 4.69) is 17.6 Å². The number of rotatable bonds is 6. The number of carbonyl (C=O) groups excluding carboxylic acids is 2. The van der Waals surface area contributed by atoms with Gasteiger partial charge in [-0.2, -0.15) is 0 Å². The second-order valence-corrected chi connectivity index (χ2v) is 6.07. The molecule has 5 nitrogen and oxygen atoms in total. The summed E-state index contributed by atoms with van der Waals surface area (Å²) in [4.78, 5) is 26.0. The van der Waals surface area contributed by atoms with E-state index in [-0.39, 0.29) is 0 Å². The molecule has 1 aromatic carbocycles. The molecule has 6 heteroatoms. The van der Waals surface area contributed by atoms with Crippen LogP contribution in [0.15, 0.2) is 36.4 Å². The number of anilines is 1. The van der Waals surface area contributed by atoms with Gasteiger partial charge in [-0.15, -0.1) is 11.3 Å². The average Bonchev–Trinajstić information content (AvgIpc) is 3.02. The Kier molecular flexibility index (Phi) is 6.17. The normalized spacial score (nSPS) is 10.2. The van der Waals surface area contributed by atoms with Gasteiger partial charge in [-0.05, 0) is 49.7 Å². The maximum Gasteiger partial charge on any atom is 0.313 e. The lowest BCUT2D eigenvalue weighted by Crippen LogP contribution is -2.34. The fourth-order valence-corrected chi connectivity index (χ4v) is 2.84. The molecule has 1 aromatic heterocycles. The van der Waals surface area contributed by atoms with Gasteiger partial charge in [0.25, 0.3) is 0 Å². The molecule has 0 bridgehead atoms. The van der Waals surface area contributed by atoms with Crippen LogP contribution >= 0.6 is 11.3 Å². The Bertz CT molecular complexity index is 665. The van der Waals surface area contributed by atoms with Crippen molar-refractivity contribution >= 4 is 28.8 Å². The molecule has 2 amide bonds. The van der Waals surface area contributed by atoms with Crippen LogP contribution in [-0.4, -0.2) is 18.4 Å². The van der Waals surface area contributed by atoms with Gasteiger partial charge in [0, 0.05) is 15.4 Å². The van der Waals surface area contributed by atoms with Crippen molar-refractivity contribution in [3.8, 4) is 5.75 Å². The lowest BCUT2D eigenvalue weighted by atomic mass is 10.3. The molecule has 0 spiro atoms. The summed E-state index contributed by atoms with van der Waals surface area (Å²) in [5, 5.41) is 5.18. The molecule has 122 valence electrons. The third-order valence-corrected chi connectivity index (χ3v) is 4.35. The standard InChI is InChI=1S/C17H20N2O3S/c1-3-14-9-10-15(23-14)11-18-16(20)17(21)19-12-5-7-13(8-6-12)22-4-2/h5-10H,3-4,11H2,1-2H3,(H,18,20)(H,19,21). The van der Waals surface area contributed by atoms with Gasteiger partial charge in [0.1, 0.15) is 5.75 Å². The van der Waals surface area contributed by atoms with Gasteiger partial charge in [0.2, 0.25) is 0 Å². The maximum absolute atomic E-state index is 11.9. The fourth-order valence-electron chi connectivity index (χ4n) is 1.94. The molecule has 1 heterocycles. The minimum Gasteiger partial charge on any atom is -0.494 e. The molecular formula is C17H20N2O3S. The third kappa shape index (κ3) is 5.10. The van der Waals surface area contributed by atoms with E-state index in [1.807, 2.05) is 19.1 Å². The molecular weight excluding hydrogens is 312 g/mol. The molecule has 0 radical (unpaired) electrons. The Morgan fingerprint density at radius 1 is 1.00 bits per heavy atom. The first-order valence-electron chi connectivity index (χ1n) is 7.52. The molecule has 0 aliphatic rings. The smallest absolute Gasteiger partial charge is 0.313 e. The second kappa shape index (κ2) is 8.33. The van der Waals surface area contributed by atoms with Crippen LogP contribution in [0, 0.1) is 0 Å². The summed E-state index contributed by atoms with van der Waals surface area (Å²) < 4.78 is 5.32. The monoisotopic (exact) mass is 332 g/mol. The van der Waals surface area contributed by atoms with Gasteiger partial charge >= 0.3 is 11.8 Å². The summed E-state index contributed by atoms with van der Waals surface area (Å²) in [5.74, 6) is -0.605. The van der Waals surface area contributed by atoms with E-state index < -0.39 is 11.8 Å². The lowest BCUT2D eigenvalue weighted by Gasteiger charge is -2.07. The molecule has 0 saturated carbocycles. The number of carbonyl (C=O) groups is 2. The van der Waals surface area contributed by atoms with Crippen LogP contribution < -0.4 is 15.4 Å². The van der Waals surface area contributed by atoms with Crippen molar-refractivity contribution in [2.24, 2.45) is 0 Å². The van der Waals surface area contributed by atoms with E-state index in [0.717, 1.165) is 17.0 Å². The minimum absolute atomic E-state index is 0.361. The highest BCUT2D eigenvalue weighted by atomic mass is 32.1. The third-order valence-electron chi connectivity index (χ3n) is 3.12. The molecule has 2 rings (SSSR count). The number of hydrogen-bond acceptors (Lipinski definition) is 4. The highest BCUT2D eigenvalue weighted by Gasteiger charge is 2.13. The minimum atomic E-state index is -0.679.